The average Bonchev–Trinajstić information content (AvgIpc) is 3.53. The van der Waals surface area contributed by atoms with Crippen LogP contribution >= 0.6 is 0 Å². The molecule has 3 aromatic heterocycles. The van der Waals surface area contributed by atoms with Crippen molar-refractivity contribution in [2.75, 3.05) is 16.8 Å². The van der Waals surface area contributed by atoms with Crippen LogP contribution < -0.4 is 29.9 Å². The molecule has 1 aliphatic rings. The van der Waals surface area contributed by atoms with Gasteiger partial charge < -0.3 is 4.90 Å². The van der Waals surface area contributed by atoms with Gasteiger partial charge in [-0.1, -0.05) is 125 Å². The SMILES string of the molecule is CN1c2ccccc2N(c2cccc(-c3cccc4c3[cH-]c[n+]4C)n2)c2nc3c([Si](c4ccccc4)c4ccccc4)cccc3cc21.[Ni]. The van der Waals surface area contributed by atoms with Gasteiger partial charge in [0.25, 0.3) is 0 Å². The van der Waals surface area contributed by atoms with Crippen LogP contribution in [0.4, 0.5) is 28.7 Å². The average molecular weight is 694 g/mol. The molecule has 8 aromatic rings. The van der Waals surface area contributed by atoms with E-state index in [1.165, 1.54) is 26.5 Å². The second kappa shape index (κ2) is 12.5. The zero-order valence-electron chi connectivity index (χ0n) is 27.1. The van der Waals surface area contributed by atoms with Gasteiger partial charge in [0.1, 0.15) is 24.6 Å². The van der Waals surface area contributed by atoms with E-state index in [-0.39, 0.29) is 16.5 Å². The molecule has 49 heavy (non-hydrogen) atoms. The predicted octanol–water partition coefficient (Wildman–Crippen LogP) is 7.06. The summed E-state index contributed by atoms with van der Waals surface area (Å²) in [4.78, 5) is 15.5. The maximum absolute atomic E-state index is 5.62. The second-order valence-corrected chi connectivity index (χ2v) is 14.7. The molecular weight excluding hydrogens is 661 g/mol. The minimum Gasteiger partial charge on any atom is -0.340 e. The van der Waals surface area contributed by atoms with E-state index in [1.807, 2.05) is 0 Å². The van der Waals surface area contributed by atoms with Crippen LogP contribution in [-0.4, -0.2) is 25.8 Å². The largest absolute Gasteiger partial charge is 0.340 e. The molecule has 0 saturated carbocycles. The molecule has 1 radical (unpaired) electrons. The summed E-state index contributed by atoms with van der Waals surface area (Å²) in [6.45, 7) is 0. The van der Waals surface area contributed by atoms with Crippen molar-refractivity contribution in [3.05, 3.63) is 158 Å². The monoisotopic (exact) mass is 692 g/mol. The maximum Gasteiger partial charge on any atom is 0.163 e. The Morgan fingerprint density at radius 3 is 2.08 bits per heavy atom. The number of rotatable bonds is 5. The van der Waals surface area contributed by atoms with Crippen LogP contribution in [0.2, 0.25) is 0 Å². The fraction of sp³-hybridized carbons (Fsp3) is 0.0476. The van der Waals surface area contributed by atoms with Crippen LogP contribution in [-0.2, 0) is 23.5 Å². The third-order valence-corrected chi connectivity index (χ3v) is 12.2. The Hall–Kier alpha value is -5.49. The first-order valence-electron chi connectivity index (χ1n) is 16.2. The third-order valence-electron chi connectivity index (χ3n) is 9.43. The molecular formula is C42H32N5NiSi. The van der Waals surface area contributed by atoms with Gasteiger partial charge in [-0.2, -0.15) is 0 Å². The van der Waals surface area contributed by atoms with Crippen molar-refractivity contribution in [2.45, 2.75) is 0 Å². The first-order valence-corrected chi connectivity index (χ1v) is 17.7. The van der Waals surface area contributed by atoms with Crippen molar-refractivity contribution in [3.63, 3.8) is 0 Å². The molecule has 0 spiro atoms. The Kier molecular flexibility index (Phi) is 7.87. The van der Waals surface area contributed by atoms with Crippen LogP contribution in [0.3, 0.4) is 0 Å². The normalized spacial score (nSPS) is 12.2. The molecule has 0 amide bonds. The molecule has 0 saturated heterocycles. The van der Waals surface area contributed by atoms with Gasteiger partial charge in [-0.25, -0.2) is 9.97 Å². The van der Waals surface area contributed by atoms with Gasteiger partial charge in [-0.05, 0) is 41.6 Å². The van der Waals surface area contributed by atoms with E-state index >= 15 is 0 Å². The van der Waals surface area contributed by atoms with E-state index < -0.39 is 8.80 Å². The minimum absolute atomic E-state index is 0. The number of pyridine rings is 2. The van der Waals surface area contributed by atoms with Gasteiger partial charge in [-0.3, -0.25) is 9.47 Å². The predicted molar refractivity (Wildman–Crippen MR) is 200 cm³/mol. The topological polar surface area (TPSA) is 36.1 Å². The summed E-state index contributed by atoms with van der Waals surface area (Å²) < 4.78 is 2.16. The van der Waals surface area contributed by atoms with Crippen LogP contribution in [0, 0.1) is 0 Å². The molecule has 0 bridgehead atoms. The van der Waals surface area contributed by atoms with Gasteiger partial charge in [0.2, 0.25) is 0 Å². The van der Waals surface area contributed by atoms with Gasteiger partial charge in [0.15, 0.2) is 14.6 Å². The number of hydrogen-bond acceptors (Lipinski definition) is 4. The van der Waals surface area contributed by atoms with E-state index in [9.17, 15) is 0 Å². The minimum atomic E-state index is -1.36. The molecule has 7 heteroatoms. The Balaban J connectivity index is 0.00000348. The van der Waals surface area contributed by atoms with Gasteiger partial charge in [-0.15, -0.1) is 11.5 Å². The zero-order chi connectivity index (χ0) is 32.2. The number of nitrogens with zero attached hydrogens (tertiary/aromatic N) is 5. The Morgan fingerprint density at radius 2 is 1.33 bits per heavy atom. The Bertz CT molecular complexity index is 2420. The summed E-state index contributed by atoms with van der Waals surface area (Å²) >= 11 is 0. The summed E-state index contributed by atoms with van der Waals surface area (Å²) in [5.41, 5.74) is 7.47. The summed E-state index contributed by atoms with van der Waals surface area (Å²) in [6.07, 6.45) is 2.11. The van der Waals surface area contributed by atoms with Crippen LogP contribution in [0.1, 0.15) is 0 Å². The first-order chi connectivity index (χ1) is 23.7. The maximum atomic E-state index is 5.62. The Morgan fingerprint density at radius 1 is 0.653 bits per heavy atom. The zero-order valence-corrected chi connectivity index (χ0v) is 29.1. The molecule has 5 aromatic carbocycles. The van der Waals surface area contributed by atoms with Crippen LogP contribution in [0.5, 0.6) is 0 Å². The molecule has 9 rings (SSSR count). The molecule has 239 valence electrons. The summed E-state index contributed by atoms with van der Waals surface area (Å²) in [5, 5.41) is 6.27. The van der Waals surface area contributed by atoms with Gasteiger partial charge >= 0.3 is 0 Å². The molecule has 5 nitrogen and oxygen atoms in total. The van der Waals surface area contributed by atoms with E-state index in [1.54, 1.807) is 0 Å². The standard InChI is InChI=1S/C42H32N5Si.Ni/c1-45-27-26-33-32(19-12-23-35(33)45)34-20-13-25-40(43-34)47-37-22-10-9-21-36(37)46(2)38-28-29-14-11-24-39(41(29)44-42(38)47)48(30-15-5-3-6-16-30)31-17-7-4-8-18-31;/h3-28H,1-2H3;. The molecule has 0 atom stereocenters. The number of aryl methyl sites for hydroxylation is 1. The summed E-state index contributed by atoms with van der Waals surface area (Å²) in [6, 6.07) is 54.2. The fourth-order valence-electron chi connectivity index (χ4n) is 7.11. The van der Waals surface area contributed by atoms with Crippen molar-refractivity contribution in [2.24, 2.45) is 7.05 Å². The van der Waals surface area contributed by atoms with E-state index in [0.717, 1.165) is 50.9 Å². The van der Waals surface area contributed by atoms with Crippen LogP contribution in [0.25, 0.3) is 33.1 Å². The van der Waals surface area contributed by atoms with Crippen molar-refractivity contribution in [1.82, 2.24) is 9.97 Å². The summed E-state index contributed by atoms with van der Waals surface area (Å²) in [7, 11) is 2.86. The molecule has 0 fully saturated rings. The van der Waals surface area contributed by atoms with E-state index in [2.05, 4.69) is 186 Å². The van der Waals surface area contributed by atoms with E-state index in [0.29, 0.717) is 0 Å². The van der Waals surface area contributed by atoms with Crippen molar-refractivity contribution < 1.29 is 21.1 Å². The molecule has 0 unspecified atom stereocenters. The number of anilines is 5. The molecule has 0 aliphatic carbocycles. The fourth-order valence-corrected chi connectivity index (χ4v) is 9.82. The first kappa shape index (κ1) is 30.8. The number of hydrogen-bond donors (Lipinski definition) is 0. The molecule has 1 aliphatic heterocycles. The number of aromatic nitrogens is 3. The van der Waals surface area contributed by atoms with Gasteiger partial charge in [0.05, 0.1) is 22.6 Å². The van der Waals surface area contributed by atoms with E-state index in [4.69, 9.17) is 9.97 Å². The van der Waals surface area contributed by atoms with Crippen LogP contribution in [0.15, 0.2) is 158 Å². The van der Waals surface area contributed by atoms with Gasteiger partial charge in [0, 0.05) is 34.6 Å². The molecule has 0 N–H and O–H groups in total. The quantitative estimate of drug-likeness (QED) is 0.0838. The van der Waals surface area contributed by atoms with Crippen molar-refractivity contribution in [3.8, 4) is 11.3 Å². The second-order valence-electron chi connectivity index (χ2n) is 12.2. The number of fused-ring (bicyclic) bond motifs is 4. The summed E-state index contributed by atoms with van der Waals surface area (Å²) in [5.74, 6) is 1.71. The third kappa shape index (κ3) is 5.14. The molecule has 4 heterocycles. The van der Waals surface area contributed by atoms with Crippen molar-refractivity contribution >= 4 is 74.9 Å². The van der Waals surface area contributed by atoms with Crippen molar-refractivity contribution in [1.29, 1.82) is 0 Å². The Labute approximate surface area is 297 Å². The number of para-hydroxylation sites is 3. The smallest absolute Gasteiger partial charge is 0.163 e. The number of benzene rings is 5.